The molecular formula is C13H12N2OS. The summed E-state index contributed by atoms with van der Waals surface area (Å²) in [5, 5.41) is 2.58. The lowest BCUT2D eigenvalue weighted by molar-refractivity contribution is -0.105. The van der Waals surface area contributed by atoms with Gasteiger partial charge in [0.1, 0.15) is 0 Å². The zero-order chi connectivity index (χ0) is 12.1. The fourth-order valence-electron chi connectivity index (χ4n) is 1.41. The number of carbonyl (C=O) groups is 1. The lowest BCUT2D eigenvalue weighted by Gasteiger charge is -2.07. The maximum atomic E-state index is 10.4. The molecule has 2 rings (SSSR count). The first-order valence-corrected chi connectivity index (χ1v) is 5.94. The molecule has 3 N–H and O–H groups in total. The second-order valence-corrected chi connectivity index (χ2v) is 4.57. The molecule has 0 radical (unpaired) electrons. The highest BCUT2D eigenvalue weighted by Crippen LogP contribution is 2.31. The van der Waals surface area contributed by atoms with E-state index in [9.17, 15) is 4.79 Å². The van der Waals surface area contributed by atoms with Gasteiger partial charge in [0.2, 0.25) is 6.41 Å². The molecule has 4 heteroatoms. The van der Waals surface area contributed by atoms with Crippen molar-refractivity contribution in [1.82, 2.24) is 0 Å². The van der Waals surface area contributed by atoms with Crippen LogP contribution in [-0.2, 0) is 4.79 Å². The zero-order valence-electron chi connectivity index (χ0n) is 9.09. The van der Waals surface area contributed by atoms with Crippen LogP contribution in [0.3, 0.4) is 0 Å². The average molecular weight is 244 g/mol. The van der Waals surface area contributed by atoms with E-state index in [4.69, 9.17) is 5.73 Å². The molecule has 86 valence electrons. The van der Waals surface area contributed by atoms with Gasteiger partial charge in [-0.05, 0) is 30.3 Å². The number of benzene rings is 2. The van der Waals surface area contributed by atoms with Crippen molar-refractivity contribution in [2.75, 3.05) is 11.1 Å². The molecule has 0 aromatic heterocycles. The lowest BCUT2D eigenvalue weighted by Crippen LogP contribution is -1.98. The number of hydrogen-bond donors (Lipinski definition) is 2. The van der Waals surface area contributed by atoms with Gasteiger partial charge in [-0.2, -0.15) is 0 Å². The molecule has 1 amide bonds. The molecule has 0 atom stereocenters. The molecule has 17 heavy (non-hydrogen) atoms. The molecule has 0 bridgehead atoms. The Morgan fingerprint density at radius 1 is 1.06 bits per heavy atom. The van der Waals surface area contributed by atoms with Gasteiger partial charge < -0.3 is 11.1 Å². The van der Waals surface area contributed by atoms with Gasteiger partial charge in [-0.3, -0.25) is 4.79 Å². The quantitative estimate of drug-likeness (QED) is 0.642. The third kappa shape index (κ3) is 3.01. The predicted octanol–water partition coefficient (Wildman–Crippen LogP) is 2.99. The molecule has 0 saturated carbocycles. The van der Waals surface area contributed by atoms with Crippen molar-refractivity contribution < 1.29 is 4.79 Å². The van der Waals surface area contributed by atoms with E-state index in [1.807, 2.05) is 42.5 Å². The molecule has 2 aromatic rings. The summed E-state index contributed by atoms with van der Waals surface area (Å²) in [6, 6.07) is 15.6. The van der Waals surface area contributed by atoms with E-state index in [2.05, 4.69) is 5.32 Å². The molecule has 0 aliphatic carbocycles. The predicted molar refractivity (Wildman–Crippen MR) is 71.1 cm³/mol. The molecule has 3 nitrogen and oxygen atoms in total. The highest BCUT2D eigenvalue weighted by molar-refractivity contribution is 7.99. The van der Waals surface area contributed by atoms with E-state index in [1.54, 1.807) is 17.8 Å². The number of nitrogens with one attached hydrogen (secondary N) is 1. The maximum absolute atomic E-state index is 10.4. The highest BCUT2D eigenvalue weighted by atomic mass is 32.2. The third-order valence-corrected chi connectivity index (χ3v) is 3.22. The largest absolute Gasteiger partial charge is 0.397 e. The van der Waals surface area contributed by atoms with Crippen LogP contribution in [0.2, 0.25) is 0 Å². The van der Waals surface area contributed by atoms with Crippen LogP contribution in [0.4, 0.5) is 11.4 Å². The maximum Gasteiger partial charge on any atom is 0.211 e. The number of nitrogens with two attached hydrogens (primary N) is 1. The Morgan fingerprint density at radius 2 is 1.82 bits per heavy atom. The topological polar surface area (TPSA) is 55.1 Å². The van der Waals surface area contributed by atoms with Gasteiger partial charge in [0.15, 0.2) is 0 Å². The van der Waals surface area contributed by atoms with Gasteiger partial charge in [-0.15, -0.1) is 0 Å². The Kier molecular flexibility index (Phi) is 3.67. The summed E-state index contributed by atoms with van der Waals surface area (Å²) in [4.78, 5) is 12.6. The number of anilines is 2. The smallest absolute Gasteiger partial charge is 0.211 e. The van der Waals surface area contributed by atoms with Gasteiger partial charge in [-0.25, -0.2) is 0 Å². The number of amides is 1. The van der Waals surface area contributed by atoms with Gasteiger partial charge in [0.05, 0.1) is 11.4 Å². The van der Waals surface area contributed by atoms with Crippen molar-refractivity contribution in [2.24, 2.45) is 0 Å². The molecule has 0 spiro atoms. The standard InChI is InChI=1S/C13H12N2OS/c14-12-7-6-11(8-13(12)15-9-16)17-10-4-2-1-3-5-10/h1-9H,14H2,(H,15,16). The molecule has 0 heterocycles. The second-order valence-electron chi connectivity index (χ2n) is 3.43. The van der Waals surface area contributed by atoms with Crippen LogP contribution in [0, 0.1) is 0 Å². The Balaban J connectivity index is 2.22. The summed E-state index contributed by atoms with van der Waals surface area (Å²) in [6.45, 7) is 0. The number of rotatable bonds is 4. The Morgan fingerprint density at radius 3 is 2.53 bits per heavy atom. The minimum Gasteiger partial charge on any atom is -0.397 e. The second kappa shape index (κ2) is 5.41. The minimum absolute atomic E-state index is 0.564. The average Bonchev–Trinajstić information content (AvgIpc) is 2.35. The van der Waals surface area contributed by atoms with E-state index >= 15 is 0 Å². The fourth-order valence-corrected chi connectivity index (χ4v) is 2.29. The van der Waals surface area contributed by atoms with Crippen molar-refractivity contribution in [3.63, 3.8) is 0 Å². The van der Waals surface area contributed by atoms with Gasteiger partial charge >= 0.3 is 0 Å². The van der Waals surface area contributed by atoms with Gasteiger partial charge in [0.25, 0.3) is 0 Å². The van der Waals surface area contributed by atoms with Gasteiger partial charge in [-0.1, -0.05) is 30.0 Å². The first-order valence-electron chi connectivity index (χ1n) is 5.12. The number of hydrogen-bond acceptors (Lipinski definition) is 3. The van der Waals surface area contributed by atoms with E-state index < -0.39 is 0 Å². The first kappa shape index (κ1) is 11.5. The highest BCUT2D eigenvalue weighted by Gasteiger charge is 2.02. The van der Waals surface area contributed by atoms with Crippen molar-refractivity contribution in [2.45, 2.75) is 9.79 Å². The Labute approximate surface area is 104 Å². The molecule has 2 aromatic carbocycles. The van der Waals surface area contributed by atoms with Crippen molar-refractivity contribution in [3.05, 3.63) is 48.5 Å². The van der Waals surface area contributed by atoms with Crippen LogP contribution >= 0.6 is 11.8 Å². The summed E-state index contributed by atoms with van der Waals surface area (Å²) < 4.78 is 0. The van der Waals surface area contributed by atoms with Gasteiger partial charge in [0, 0.05) is 9.79 Å². The van der Waals surface area contributed by atoms with Crippen LogP contribution in [0.15, 0.2) is 58.3 Å². The number of carbonyl (C=O) groups excluding carboxylic acids is 1. The fraction of sp³-hybridized carbons (Fsp3) is 0. The zero-order valence-corrected chi connectivity index (χ0v) is 9.91. The van der Waals surface area contributed by atoms with Crippen molar-refractivity contribution >= 4 is 29.5 Å². The summed E-state index contributed by atoms with van der Waals surface area (Å²) in [5.74, 6) is 0. The van der Waals surface area contributed by atoms with E-state index in [0.717, 1.165) is 9.79 Å². The van der Waals surface area contributed by atoms with Crippen LogP contribution in [-0.4, -0.2) is 6.41 Å². The monoisotopic (exact) mass is 244 g/mol. The van der Waals surface area contributed by atoms with Crippen LogP contribution in [0.5, 0.6) is 0 Å². The third-order valence-electron chi connectivity index (χ3n) is 2.22. The van der Waals surface area contributed by atoms with Crippen molar-refractivity contribution in [3.8, 4) is 0 Å². The molecule has 0 fully saturated rings. The molecule has 0 unspecified atom stereocenters. The lowest BCUT2D eigenvalue weighted by atomic mass is 10.3. The molecule has 0 aliphatic heterocycles. The van der Waals surface area contributed by atoms with E-state index in [0.29, 0.717) is 17.8 Å². The number of nitrogen functional groups attached to an aromatic ring is 1. The summed E-state index contributed by atoms with van der Waals surface area (Å²) in [6.07, 6.45) is 0.628. The molecular weight excluding hydrogens is 232 g/mol. The van der Waals surface area contributed by atoms with E-state index in [-0.39, 0.29) is 0 Å². The first-order chi connectivity index (χ1) is 8.29. The summed E-state index contributed by atoms with van der Waals surface area (Å²) in [5.41, 5.74) is 6.94. The molecule has 0 aliphatic rings. The van der Waals surface area contributed by atoms with Crippen molar-refractivity contribution in [1.29, 1.82) is 0 Å². The summed E-state index contributed by atoms with van der Waals surface area (Å²) >= 11 is 1.62. The van der Waals surface area contributed by atoms with Crippen LogP contribution in [0.25, 0.3) is 0 Å². The SMILES string of the molecule is Nc1ccc(Sc2ccccc2)cc1NC=O. The molecule has 0 saturated heterocycles. The van der Waals surface area contributed by atoms with Crippen LogP contribution in [0.1, 0.15) is 0 Å². The Bertz CT molecular complexity index is 514. The summed E-state index contributed by atoms with van der Waals surface area (Å²) in [7, 11) is 0. The van der Waals surface area contributed by atoms with E-state index in [1.165, 1.54) is 0 Å². The minimum atomic E-state index is 0.564. The van der Waals surface area contributed by atoms with Crippen LogP contribution < -0.4 is 11.1 Å². The normalized spacial score (nSPS) is 9.88. The Hall–Kier alpha value is -1.94.